The van der Waals surface area contributed by atoms with Gasteiger partial charge in [0.2, 0.25) is 5.89 Å². The van der Waals surface area contributed by atoms with Crippen molar-refractivity contribution >= 4 is 16.8 Å². The molecule has 0 saturated carbocycles. The molecule has 0 bridgehead atoms. The van der Waals surface area contributed by atoms with Gasteiger partial charge in [-0.15, -0.1) is 0 Å². The van der Waals surface area contributed by atoms with E-state index in [1.165, 1.54) is 6.07 Å². The fraction of sp³-hybridized carbons (Fsp3) is 0.0714. The molecule has 90 valence electrons. The lowest BCUT2D eigenvalue weighted by atomic mass is 10.1. The SMILES string of the molecule is Cc1ccc(-c2nc3cc(N)cc(F)c3o2)cc1. The lowest BCUT2D eigenvalue weighted by Crippen LogP contribution is -1.86. The molecule has 4 heteroatoms. The molecule has 0 fully saturated rings. The highest BCUT2D eigenvalue weighted by atomic mass is 19.1. The quantitative estimate of drug-likeness (QED) is 0.664. The molecule has 18 heavy (non-hydrogen) atoms. The first kappa shape index (κ1) is 10.8. The summed E-state index contributed by atoms with van der Waals surface area (Å²) < 4.78 is 19.1. The van der Waals surface area contributed by atoms with Crippen molar-refractivity contribution in [2.24, 2.45) is 0 Å². The van der Waals surface area contributed by atoms with Crippen molar-refractivity contribution in [3.8, 4) is 11.5 Å². The van der Waals surface area contributed by atoms with Crippen LogP contribution in [0.2, 0.25) is 0 Å². The number of nitrogen functional groups attached to an aromatic ring is 1. The lowest BCUT2D eigenvalue weighted by molar-refractivity contribution is 0.564. The molecule has 1 aromatic heterocycles. The van der Waals surface area contributed by atoms with Crippen LogP contribution in [-0.4, -0.2) is 4.98 Å². The van der Waals surface area contributed by atoms with Gasteiger partial charge in [0.25, 0.3) is 0 Å². The number of nitrogens with zero attached hydrogens (tertiary/aromatic N) is 1. The lowest BCUT2D eigenvalue weighted by Gasteiger charge is -1.95. The topological polar surface area (TPSA) is 52.0 Å². The summed E-state index contributed by atoms with van der Waals surface area (Å²) in [5.41, 5.74) is 8.44. The average molecular weight is 242 g/mol. The van der Waals surface area contributed by atoms with Crippen molar-refractivity contribution in [2.45, 2.75) is 6.92 Å². The van der Waals surface area contributed by atoms with Crippen molar-refractivity contribution in [2.75, 3.05) is 5.73 Å². The molecule has 2 N–H and O–H groups in total. The summed E-state index contributed by atoms with van der Waals surface area (Å²) >= 11 is 0. The first-order valence-corrected chi connectivity index (χ1v) is 5.56. The van der Waals surface area contributed by atoms with Gasteiger partial charge < -0.3 is 10.2 Å². The van der Waals surface area contributed by atoms with Crippen LogP contribution in [0.4, 0.5) is 10.1 Å². The van der Waals surface area contributed by atoms with E-state index >= 15 is 0 Å². The molecular formula is C14H11FN2O. The van der Waals surface area contributed by atoms with Gasteiger partial charge in [0.15, 0.2) is 11.4 Å². The van der Waals surface area contributed by atoms with Crippen LogP contribution >= 0.6 is 0 Å². The summed E-state index contributed by atoms with van der Waals surface area (Å²) in [5.74, 6) is -0.0923. The Hall–Kier alpha value is -2.36. The third-order valence-electron chi connectivity index (χ3n) is 2.77. The normalized spacial score (nSPS) is 11.0. The van der Waals surface area contributed by atoms with Crippen LogP contribution in [0.15, 0.2) is 40.8 Å². The molecule has 0 spiro atoms. The molecule has 3 nitrogen and oxygen atoms in total. The minimum absolute atomic E-state index is 0.139. The number of halogens is 1. The van der Waals surface area contributed by atoms with E-state index < -0.39 is 5.82 Å². The van der Waals surface area contributed by atoms with Crippen LogP contribution in [0.25, 0.3) is 22.6 Å². The summed E-state index contributed by atoms with van der Waals surface area (Å²) in [6.45, 7) is 2.00. The molecule has 3 rings (SSSR count). The number of rotatable bonds is 1. The number of hydrogen-bond donors (Lipinski definition) is 1. The van der Waals surface area contributed by atoms with Gasteiger partial charge in [-0.1, -0.05) is 17.7 Å². The van der Waals surface area contributed by atoms with Crippen molar-refractivity contribution in [3.05, 3.63) is 47.8 Å². The number of aromatic nitrogens is 1. The van der Waals surface area contributed by atoms with E-state index in [0.29, 0.717) is 17.1 Å². The van der Waals surface area contributed by atoms with Crippen LogP contribution in [0.5, 0.6) is 0 Å². The predicted molar refractivity (Wildman–Crippen MR) is 68.6 cm³/mol. The number of nitrogens with two attached hydrogens (primary N) is 1. The van der Waals surface area contributed by atoms with Crippen LogP contribution in [0.3, 0.4) is 0 Å². The third kappa shape index (κ3) is 1.72. The van der Waals surface area contributed by atoms with Gasteiger partial charge in [0, 0.05) is 17.3 Å². The number of fused-ring (bicyclic) bond motifs is 1. The summed E-state index contributed by atoms with van der Waals surface area (Å²) in [5, 5.41) is 0. The second-order valence-corrected chi connectivity index (χ2v) is 4.24. The molecule has 0 aliphatic carbocycles. The first-order chi connectivity index (χ1) is 8.63. The number of oxazole rings is 1. The van der Waals surface area contributed by atoms with Crippen molar-refractivity contribution in [1.29, 1.82) is 0 Å². The molecule has 0 unspecified atom stereocenters. The maximum Gasteiger partial charge on any atom is 0.227 e. The van der Waals surface area contributed by atoms with Gasteiger partial charge in [-0.25, -0.2) is 9.37 Å². The predicted octanol–water partition coefficient (Wildman–Crippen LogP) is 3.52. The second-order valence-electron chi connectivity index (χ2n) is 4.24. The Bertz CT molecular complexity index is 716. The maximum absolute atomic E-state index is 13.6. The third-order valence-corrected chi connectivity index (χ3v) is 2.77. The van der Waals surface area contributed by atoms with E-state index in [4.69, 9.17) is 10.2 Å². The van der Waals surface area contributed by atoms with Crippen LogP contribution in [0.1, 0.15) is 5.56 Å². The minimum Gasteiger partial charge on any atom is -0.433 e. The largest absolute Gasteiger partial charge is 0.433 e. The summed E-state index contributed by atoms with van der Waals surface area (Å²) in [7, 11) is 0. The van der Waals surface area contributed by atoms with E-state index in [9.17, 15) is 4.39 Å². The van der Waals surface area contributed by atoms with E-state index in [0.717, 1.165) is 11.1 Å². The van der Waals surface area contributed by atoms with Gasteiger partial charge in [-0.2, -0.15) is 0 Å². The second kappa shape index (κ2) is 3.84. The van der Waals surface area contributed by atoms with Crippen molar-refractivity contribution < 1.29 is 8.81 Å². The Morgan fingerprint density at radius 1 is 1.17 bits per heavy atom. The van der Waals surface area contributed by atoms with Gasteiger partial charge >= 0.3 is 0 Å². The highest BCUT2D eigenvalue weighted by Crippen LogP contribution is 2.27. The number of aryl methyl sites for hydroxylation is 1. The summed E-state index contributed by atoms with van der Waals surface area (Å²) in [6, 6.07) is 10.5. The molecule has 1 heterocycles. The number of hydrogen-bond acceptors (Lipinski definition) is 3. The van der Waals surface area contributed by atoms with Crippen LogP contribution in [-0.2, 0) is 0 Å². The average Bonchev–Trinajstić information content (AvgIpc) is 2.74. The minimum atomic E-state index is -0.490. The van der Waals surface area contributed by atoms with E-state index in [1.807, 2.05) is 31.2 Å². The zero-order chi connectivity index (χ0) is 12.7. The van der Waals surface area contributed by atoms with Crippen LogP contribution < -0.4 is 5.73 Å². The zero-order valence-electron chi connectivity index (χ0n) is 9.77. The maximum atomic E-state index is 13.6. The Labute approximate surface area is 103 Å². The smallest absolute Gasteiger partial charge is 0.227 e. The Kier molecular flexibility index (Phi) is 2.30. The highest BCUT2D eigenvalue weighted by Gasteiger charge is 2.12. The molecule has 0 aliphatic rings. The van der Waals surface area contributed by atoms with Gasteiger partial charge in [0.05, 0.1) is 0 Å². The molecule has 0 atom stereocenters. The van der Waals surface area contributed by atoms with Crippen LogP contribution in [0, 0.1) is 12.7 Å². The van der Waals surface area contributed by atoms with E-state index in [1.54, 1.807) is 6.07 Å². The molecule has 3 aromatic rings. The monoisotopic (exact) mass is 242 g/mol. The van der Waals surface area contributed by atoms with E-state index in [-0.39, 0.29) is 5.58 Å². The van der Waals surface area contributed by atoms with E-state index in [2.05, 4.69) is 4.98 Å². The molecular weight excluding hydrogens is 231 g/mol. The molecule has 0 saturated heterocycles. The van der Waals surface area contributed by atoms with Crippen molar-refractivity contribution in [3.63, 3.8) is 0 Å². The van der Waals surface area contributed by atoms with Gasteiger partial charge in [-0.05, 0) is 25.1 Å². The fourth-order valence-corrected chi connectivity index (χ4v) is 1.83. The van der Waals surface area contributed by atoms with Gasteiger partial charge in [0.1, 0.15) is 5.52 Å². The number of benzene rings is 2. The summed E-state index contributed by atoms with van der Waals surface area (Å²) in [4.78, 5) is 4.25. The standard InChI is InChI=1S/C14H11FN2O/c1-8-2-4-9(5-3-8)14-17-12-7-10(16)6-11(15)13(12)18-14/h2-7H,16H2,1H3. The molecule has 0 radical (unpaired) electrons. The Morgan fingerprint density at radius 3 is 2.61 bits per heavy atom. The fourth-order valence-electron chi connectivity index (χ4n) is 1.83. The molecule has 0 aliphatic heterocycles. The Balaban J connectivity index is 2.19. The van der Waals surface area contributed by atoms with Gasteiger partial charge in [-0.3, -0.25) is 0 Å². The number of anilines is 1. The molecule has 2 aromatic carbocycles. The summed E-state index contributed by atoms with van der Waals surface area (Å²) in [6.07, 6.45) is 0. The zero-order valence-corrected chi connectivity index (χ0v) is 9.77. The first-order valence-electron chi connectivity index (χ1n) is 5.56. The van der Waals surface area contributed by atoms with Crippen molar-refractivity contribution in [1.82, 2.24) is 4.98 Å². The Morgan fingerprint density at radius 2 is 1.89 bits per heavy atom. The molecule has 0 amide bonds. The highest BCUT2D eigenvalue weighted by molar-refractivity contribution is 5.80.